The van der Waals surface area contributed by atoms with Crippen LogP contribution < -0.4 is 10.6 Å². The fourth-order valence-corrected chi connectivity index (χ4v) is 3.20. The van der Waals surface area contributed by atoms with Crippen molar-refractivity contribution in [1.29, 1.82) is 0 Å². The summed E-state index contributed by atoms with van der Waals surface area (Å²) in [6.07, 6.45) is 4.07. The van der Waals surface area contributed by atoms with Crippen LogP contribution in [0.2, 0.25) is 5.02 Å². The second-order valence-electron chi connectivity index (χ2n) is 7.49. The Morgan fingerprint density at radius 3 is 2.73 bits per heavy atom. The Balaban J connectivity index is 0.00000243. The fourth-order valence-electron chi connectivity index (χ4n) is 2.98. The highest BCUT2D eigenvalue weighted by molar-refractivity contribution is 6.33. The molecule has 142 valence electrons. The van der Waals surface area contributed by atoms with Gasteiger partial charge in [0, 0.05) is 24.3 Å². The lowest BCUT2D eigenvalue weighted by atomic mass is 10.1. The minimum Gasteiger partial charge on any atom is -0.350 e. The van der Waals surface area contributed by atoms with Gasteiger partial charge < -0.3 is 10.6 Å². The number of amides is 1. The second kappa shape index (κ2) is 8.42. The Morgan fingerprint density at radius 2 is 2.12 bits per heavy atom. The van der Waals surface area contributed by atoms with Crippen molar-refractivity contribution < 1.29 is 4.79 Å². The highest BCUT2D eigenvalue weighted by Gasteiger charge is 2.24. The van der Waals surface area contributed by atoms with Gasteiger partial charge in [0.2, 0.25) is 0 Å². The molecule has 1 aromatic heterocycles. The minimum absolute atomic E-state index is 0. The maximum atomic E-state index is 12.8. The highest BCUT2D eigenvalue weighted by Crippen LogP contribution is 2.30. The van der Waals surface area contributed by atoms with Crippen LogP contribution in [0.1, 0.15) is 44.0 Å². The number of carbonyl (C=O) groups is 1. The van der Waals surface area contributed by atoms with Crippen LogP contribution in [-0.2, 0) is 5.54 Å². The van der Waals surface area contributed by atoms with Crippen LogP contribution in [-0.4, -0.2) is 34.8 Å². The van der Waals surface area contributed by atoms with E-state index in [4.69, 9.17) is 11.6 Å². The molecule has 0 radical (unpaired) electrons. The lowest BCUT2D eigenvalue weighted by Crippen LogP contribution is -2.37. The summed E-state index contributed by atoms with van der Waals surface area (Å²) >= 11 is 6.35. The summed E-state index contributed by atoms with van der Waals surface area (Å²) in [6, 6.07) is 7.84. The summed E-state index contributed by atoms with van der Waals surface area (Å²) in [7, 11) is 0. The molecule has 1 atom stereocenters. The van der Waals surface area contributed by atoms with Gasteiger partial charge in [-0.25, -0.2) is 0 Å². The van der Waals surface area contributed by atoms with Gasteiger partial charge in [-0.3, -0.25) is 9.48 Å². The molecule has 0 spiro atoms. The zero-order valence-corrected chi connectivity index (χ0v) is 17.0. The van der Waals surface area contributed by atoms with E-state index in [1.165, 1.54) is 0 Å². The van der Waals surface area contributed by atoms with Crippen molar-refractivity contribution in [2.24, 2.45) is 0 Å². The number of carbonyl (C=O) groups excluding carboxylic acids is 1. The first kappa shape index (κ1) is 20.7. The Kier molecular flexibility index (Phi) is 6.72. The number of halogens is 2. The van der Waals surface area contributed by atoms with Gasteiger partial charge in [-0.05, 0) is 46.2 Å². The molecule has 1 fully saturated rings. The molecule has 1 unspecified atom stereocenters. The number of hydrogen-bond donors (Lipinski definition) is 2. The predicted octanol–water partition coefficient (Wildman–Crippen LogP) is 3.86. The number of aromatic nitrogens is 2. The highest BCUT2D eigenvalue weighted by atomic mass is 35.5. The van der Waals surface area contributed by atoms with E-state index in [-0.39, 0.29) is 23.9 Å². The molecule has 7 heteroatoms. The van der Waals surface area contributed by atoms with Crippen molar-refractivity contribution in [3.63, 3.8) is 0 Å². The molecule has 0 bridgehead atoms. The van der Waals surface area contributed by atoms with Gasteiger partial charge in [-0.1, -0.05) is 29.8 Å². The third-order valence-electron chi connectivity index (χ3n) is 4.45. The van der Waals surface area contributed by atoms with E-state index in [9.17, 15) is 4.79 Å². The SMILES string of the molecule is CC(C)(C)n1cc(C(=O)NCC2CCCN2)c(-c2ccccc2Cl)n1.Cl. The van der Waals surface area contributed by atoms with Gasteiger partial charge in [-0.15, -0.1) is 12.4 Å². The van der Waals surface area contributed by atoms with Crippen molar-refractivity contribution in [2.45, 2.75) is 45.2 Å². The van der Waals surface area contributed by atoms with Crippen LogP contribution in [0.3, 0.4) is 0 Å². The largest absolute Gasteiger partial charge is 0.350 e. The van der Waals surface area contributed by atoms with Crippen molar-refractivity contribution in [1.82, 2.24) is 20.4 Å². The molecule has 1 aliphatic rings. The molecule has 2 aromatic rings. The van der Waals surface area contributed by atoms with Crippen molar-refractivity contribution in [2.75, 3.05) is 13.1 Å². The van der Waals surface area contributed by atoms with Gasteiger partial charge in [0.1, 0.15) is 5.69 Å². The van der Waals surface area contributed by atoms with Crippen LogP contribution in [0.4, 0.5) is 0 Å². The molecule has 2 N–H and O–H groups in total. The van der Waals surface area contributed by atoms with E-state index in [0.717, 1.165) is 24.9 Å². The first-order valence-corrected chi connectivity index (χ1v) is 9.10. The number of rotatable bonds is 4. The average Bonchev–Trinajstić information content (AvgIpc) is 3.22. The first-order valence-electron chi connectivity index (χ1n) is 8.73. The monoisotopic (exact) mass is 396 g/mol. The summed E-state index contributed by atoms with van der Waals surface area (Å²) in [5.41, 5.74) is 1.73. The zero-order chi connectivity index (χ0) is 18.0. The second-order valence-corrected chi connectivity index (χ2v) is 7.90. The van der Waals surface area contributed by atoms with Crippen LogP contribution >= 0.6 is 24.0 Å². The van der Waals surface area contributed by atoms with E-state index in [1.807, 2.05) is 35.1 Å². The quantitative estimate of drug-likeness (QED) is 0.824. The number of nitrogens with zero attached hydrogens (tertiary/aromatic N) is 2. The van der Waals surface area contributed by atoms with E-state index in [0.29, 0.717) is 28.9 Å². The average molecular weight is 397 g/mol. The van der Waals surface area contributed by atoms with E-state index in [2.05, 4.69) is 36.5 Å². The van der Waals surface area contributed by atoms with Gasteiger partial charge >= 0.3 is 0 Å². The molecule has 5 nitrogen and oxygen atoms in total. The third-order valence-corrected chi connectivity index (χ3v) is 4.78. The molecule has 1 aromatic carbocycles. The van der Waals surface area contributed by atoms with Crippen molar-refractivity contribution in [3.05, 3.63) is 41.0 Å². The molecule has 1 amide bonds. The number of benzene rings is 1. The maximum Gasteiger partial charge on any atom is 0.255 e. The lowest BCUT2D eigenvalue weighted by Gasteiger charge is -2.18. The fraction of sp³-hybridized carbons (Fsp3) is 0.474. The summed E-state index contributed by atoms with van der Waals surface area (Å²) in [6.45, 7) is 7.82. The van der Waals surface area contributed by atoms with Crippen LogP contribution in [0.25, 0.3) is 11.3 Å². The third kappa shape index (κ3) is 4.58. The Hall–Kier alpha value is -1.56. The van der Waals surface area contributed by atoms with E-state index < -0.39 is 0 Å². The van der Waals surface area contributed by atoms with Crippen molar-refractivity contribution in [3.8, 4) is 11.3 Å². The standard InChI is InChI=1S/C19H25ClN4O.ClH/c1-19(2,3)24-12-15(18(25)22-11-13-7-6-10-21-13)17(23-24)14-8-4-5-9-16(14)20;/h4-5,8-9,12-13,21H,6-7,10-11H2,1-3H3,(H,22,25);1H. The Morgan fingerprint density at radius 1 is 1.38 bits per heavy atom. The van der Waals surface area contributed by atoms with Gasteiger partial charge in [-0.2, -0.15) is 5.10 Å². The smallest absolute Gasteiger partial charge is 0.255 e. The summed E-state index contributed by atoms with van der Waals surface area (Å²) in [5, 5.41) is 11.7. The van der Waals surface area contributed by atoms with Crippen LogP contribution in [0, 0.1) is 0 Å². The molecule has 1 aliphatic heterocycles. The van der Waals surface area contributed by atoms with E-state index >= 15 is 0 Å². The molecule has 1 saturated heterocycles. The molecule has 0 aliphatic carbocycles. The topological polar surface area (TPSA) is 59.0 Å². The van der Waals surface area contributed by atoms with Gasteiger partial charge in [0.15, 0.2) is 0 Å². The molecule has 3 rings (SSSR count). The van der Waals surface area contributed by atoms with Gasteiger partial charge in [0.05, 0.1) is 16.1 Å². The minimum atomic E-state index is -0.221. The number of hydrogen-bond acceptors (Lipinski definition) is 3. The lowest BCUT2D eigenvalue weighted by molar-refractivity contribution is 0.0950. The van der Waals surface area contributed by atoms with Crippen LogP contribution in [0.5, 0.6) is 0 Å². The number of nitrogens with one attached hydrogen (secondary N) is 2. The summed E-state index contributed by atoms with van der Waals surface area (Å²) in [5.74, 6) is -0.112. The molecular formula is C19H26Cl2N4O. The van der Waals surface area contributed by atoms with E-state index in [1.54, 1.807) is 0 Å². The normalized spacial score (nSPS) is 17.0. The summed E-state index contributed by atoms with van der Waals surface area (Å²) in [4.78, 5) is 12.8. The maximum absolute atomic E-state index is 12.8. The van der Waals surface area contributed by atoms with Crippen molar-refractivity contribution >= 4 is 29.9 Å². The van der Waals surface area contributed by atoms with Gasteiger partial charge in [0.25, 0.3) is 5.91 Å². The zero-order valence-electron chi connectivity index (χ0n) is 15.4. The predicted molar refractivity (Wildman–Crippen MR) is 108 cm³/mol. The molecule has 26 heavy (non-hydrogen) atoms. The molecule has 2 heterocycles. The molecular weight excluding hydrogens is 371 g/mol. The molecule has 0 saturated carbocycles. The Bertz CT molecular complexity index is 761. The van der Waals surface area contributed by atoms with Crippen LogP contribution in [0.15, 0.2) is 30.5 Å². The first-order chi connectivity index (χ1) is 11.9. The Labute approximate surface area is 165 Å². The summed E-state index contributed by atoms with van der Waals surface area (Å²) < 4.78 is 1.83.